The summed E-state index contributed by atoms with van der Waals surface area (Å²) in [5.41, 5.74) is -0.386. The number of rotatable bonds is 4. The number of hydrogen-bond acceptors (Lipinski definition) is 3. The van der Waals surface area contributed by atoms with Crippen LogP contribution in [0.4, 0.5) is 0 Å². The van der Waals surface area contributed by atoms with Gasteiger partial charge >= 0.3 is 5.97 Å². The van der Waals surface area contributed by atoms with Crippen LogP contribution in [0.2, 0.25) is 10.0 Å². The second kappa shape index (κ2) is 5.48. The van der Waals surface area contributed by atoms with Crippen LogP contribution < -0.4 is 0 Å². The number of hydrogen-bond donors (Lipinski definition) is 1. The zero-order valence-corrected chi connectivity index (χ0v) is 11.9. The van der Waals surface area contributed by atoms with Crippen molar-refractivity contribution in [3.05, 3.63) is 39.4 Å². The molecule has 0 fully saturated rings. The van der Waals surface area contributed by atoms with Crippen LogP contribution in [-0.4, -0.2) is 25.2 Å². The van der Waals surface area contributed by atoms with Gasteiger partial charge in [0.05, 0.1) is 21.2 Å². The summed E-state index contributed by atoms with van der Waals surface area (Å²) < 4.78 is 23.8. The number of aromatic carboxylic acids is 1. The summed E-state index contributed by atoms with van der Waals surface area (Å²) in [5.74, 6) is -1.92. The molecule has 4 nitrogen and oxygen atoms in total. The van der Waals surface area contributed by atoms with Gasteiger partial charge in [-0.15, -0.1) is 0 Å². The lowest BCUT2D eigenvalue weighted by Crippen LogP contribution is -2.10. The van der Waals surface area contributed by atoms with Gasteiger partial charge in [-0.05, 0) is 12.1 Å². The van der Waals surface area contributed by atoms with Crippen molar-refractivity contribution in [2.45, 2.75) is 4.90 Å². The maximum atomic E-state index is 11.9. The summed E-state index contributed by atoms with van der Waals surface area (Å²) >= 11 is 16.9. The second-order valence-electron chi connectivity index (χ2n) is 3.35. The molecule has 0 atom stereocenters. The fourth-order valence-electron chi connectivity index (χ4n) is 1.23. The Morgan fingerprint density at radius 3 is 2.33 bits per heavy atom. The largest absolute Gasteiger partial charge is 0.478 e. The molecule has 0 spiro atoms. The summed E-state index contributed by atoms with van der Waals surface area (Å²) in [6, 6.07) is 2.15. The zero-order chi connectivity index (χ0) is 14.1. The van der Waals surface area contributed by atoms with E-state index >= 15 is 0 Å². The molecule has 0 aliphatic carbocycles. The molecular weight excluding hydrogens is 323 g/mol. The van der Waals surface area contributed by atoms with Crippen LogP contribution in [0.3, 0.4) is 0 Å². The number of carboxylic acids is 1. The third kappa shape index (κ3) is 3.38. The van der Waals surface area contributed by atoms with Gasteiger partial charge in [0.2, 0.25) is 0 Å². The van der Waals surface area contributed by atoms with Crippen molar-refractivity contribution in [3.8, 4) is 0 Å². The van der Waals surface area contributed by atoms with Gasteiger partial charge in [-0.1, -0.05) is 41.4 Å². The summed E-state index contributed by atoms with van der Waals surface area (Å²) in [5, 5.41) is 8.33. The van der Waals surface area contributed by atoms with Crippen molar-refractivity contribution in [2.75, 3.05) is 5.75 Å². The van der Waals surface area contributed by atoms with E-state index in [1.54, 1.807) is 0 Å². The van der Waals surface area contributed by atoms with Gasteiger partial charge < -0.3 is 5.11 Å². The van der Waals surface area contributed by atoms with Crippen molar-refractivity contribution in [1.82, 2.24) is 0 Å². The molecule has 0 saturated carbocycles. The highest BCUT2D eigenvalue weighted by Gasteiger charge is 2.24. The molecule has 0 aliphatic heterocycles. The van der Waals surface area contributed by atoms with Crippen molar-refractivity contribution >= 4 is 50.6 Å². The number of benzene rings is 1. The van der Waals surface area contributed by atoms with Crippen molar-refractivity contribution in [2.24, 2.45) is 0 Å². The Morgan fingerprint density at radius 2 is 1.89 bits per heavy atom. The van der Waals surface area contributed by atoms with Gasteiger partial charge in [-0.2, -0.15) is 0 Å². The highest BCUT2D eigenvalue weighted by molar-refractivity contribution is 7.91. The van der Waals surface area contributed by atoms with Crippen LogP contribution >= 0.6 is 34.8 Å². The van der Waals surface area contributed by atoms with Gasteiger partial charge in [0.25, 0.3) is 0 Å². The van der Waals surface area contributed by atoms with Crippen molar-refractivity contribution < 1.29 is 18.3 Å². The molecule has 8 heteroatoms. The first-order chi connectivity index (χ1) is 8.15. The SMILES string of the molecule is C=C(Cl)CS(=O)(=O)c1cc(Cl)cc(C(=O)O)c1Cl. The molecule has 1 aromatic rings. The Hall–Kier alpha value is -0.750. The maximum absolute atomic E-state index is 11.9. The molecule has 0 amide bonds. The number of carbonyl (C=O) groups is 1. The molecule has 98 valence electrons. The second-order valence-corrected chi connectivity index (χ2v) is 6.65. The highest BCUT2D eigenvalue weighted by Crippen LogP contribution is 2.31. The Kier molecular flexibility index (Phi) is 4.66. The molecule has 0 aromatic heterocycles. The molecule has 0 radical (unpaired) electrons. The van der Waals surface area contributed by atoms with Gasteiger partial charge in [-0.25, -0.2) is 13.2 Å². The highest BCUT2D eigenvalue weighted by atomic mass is 35.5. The van der Waals surface area contributed by atoms with E-state index in [2.05, 4.69) is 6.58 Å². The van der Waals surface area contributed by atoms with Crippen LogP contribution in [0, 0.1) is 0 Å². The van der Waals surface area contributed by atoms with Crippen LogP contribution in [0.15, 0.2) is 28.6 Å². The number of sulfone groups is 1. The van der Waals surface area contributed by atoms with E-state index in [9.17, 15) is 13.2 Å². The zero-order valence-electron chi connectivity index (χ0n) is 8.78. The minimum absolute atomic E-state index is 0.0458. The topological polar surface area (TPSA) is 71.4 Å². The van der Waals surface area contributed by atoms with Gasteiger partial charge in [-0.3, -0.25) is 0 Å². The fourth-order valence-corrected chi connectivity index (χ4v) is 3.74. The number of carboxylic acid groups (broad SMARTS) is 1. The lowest BCUT2D eigenvalue weighted by molar-refractivity contribution is 0.0697. The van der Waals surface area contributed by atoms with E-state index in [4.69, 9.17) is 39.9 Å². The van der Waals surface area contributed by atoms with Crippen LogP contribution in [0.1, 0.15) is 10.4 Å². The summed E-state index contributed by atoms with van der Waals surface area (Å²) in [6.45, 7) is 3.27. The van der Waals surface area contributed by atoms with Gasteiger partial charge in [0.15, 0.2) is 9.84 Å². The third-order valence-electron chi connectivity index (χ3n) is 1.92. The van der Waals surface area contributed by atoms with Crippen molar-refractivity contribution in [1.29, 1.82) is 0 Å². The van der Waals surface area contributed by atoms with Crippen LogP contribution in [0.25, 0.3) is 0 Å². The van der Waals surface area contributed by atoms with Crippen LogP contribution in [0.5, 0.6) is 0 Å². The first kappa shape index (κ1) is 15.3. The fraction of sp³-hybridized carbons (Fsp3) is 0.100. The molecule has 18 heavy (non-hydrogen) atoms. The standard InChI is InChI=1S/C10H7Cl3O4S/c1-5(11)4-18(16,17)8-3-6(12)2-7(9(8)13)10(14)15/h2-3H,1,4H2,(H,14,15). The average molecular weight is 330 g/mol. The quantitative estimate of drug-likeness (QED) is 0.920. The third-order valence-corrected chi connectivity index (χ3v) is 4.67. The molecule has 0 heterocycles. The Bertz CT molecular complexity index is 622. The Labute approximate surface area is 119 Å². The summed E-state index contributed by atoms with van der Waals surface area (Å²) in [4.78, 5) is 10.5. The molecule has 0 unspecified atom stereocenters. The Morgan fingerprint density at radius 1 is 1.33 bits per heavy atom. The van der Waals surface area contributed by atoms with E-state index in [1.165, 1.54) is 0 Å². The lowest BCUT2D eigenvalue weighted by atomic mass is 10.2. The first-order valence-corrected chi connectivity index (χ1v) is 7.22. The van der Waals surface area contributed by atoms with Gasteiger partial charge in [0.1, 0.15) is 0 Å². The van der Waals surface area contributed by atoms with Crippen molar-refractivity contribution in [3.63, 3.8) is 0 Å². The Balaban J connectivity index is 3.51. The lowest BCUT2D eigenvalue weighted by Gasteiger charge is -2.08. The van der Waals surface area contributed by atoms with Crippen LogP contribution in [-0.2, 0) is 9.84 Å². The minimum atomic E-state index is -3.88. The predicted octanol–water partition coefficient (Wildman–Crippen LogP) is 3.22. The van der Waals surface area contributed by atoms with E-state index in [-0.39, 0.29) is 20.5 Å². The smallest absolute Gasteiger partial charge is 0.337 e. The monoisotopic (exact) mass is 328 g/mol. The molecule has 1 rings (SSSR count). The van der Waals surface area contributed by atoms with E-state index in [0.29, 0.717) is 0 Å². The molecule has 1 N–H and O–H groups in total. The molecule has 0 saturated heterocycles. The predicted molar refractivity (Wildman–Crippen MR) is 70.5 cm³/mol. The molecular formula is C10H7Cl3O4S. The minimum Gasteiger partial charge on any atom is -0.478 e. The summed E-state index contributed by atoms with van der Waals surface area (Å²) in [6.07, 6.45) is 0. The first-order valence-electron chi connectivity index (χ1n) is 4.43. The maximum Gasteiger partial charge on any atom is 0.337 e. The number of halogens is 3. The molecule has 1 aromatic carbocycles. The summed E-state index contributed by atoms with van der Waals surface area (Å²) in [7, 11) is -3.88. The van der Waals surface area contributed by atoms with Gasteiger partial charge in [0, 0.05) is 10.1 Å². The van der Waals surface area contributed by atoms with E-state index in [1.807, 2.05) is 0 Å². The normalized spacial score (nSPS) is 11.3. The van der Waals surface area contributed by atoms with E-state index < -0.39 is 26.6 Å². The average Bonchev–Trinajstić information content (AvgIpc) is 2.18. The molecule has 0 aliphatic rings. The van der Waals surface area contributed by atoms with E-state index in [0.717, 1.165) is 12.1 Å². The molecule has 0 bridgehead atoms.